The van der Waals surface area contributed by atoms with Crippen LogP contribution in [0.25, 0.3) is 0 Å². The smallest absolute Gasteiger partial charge is 0.248 e. The fourth-order valence-electron chi connectivity index (χ4n) is 0.698. The lowest BCUT2D eigenvalue weighted by Crippen LogP contribution is -2.12. The third kappa shape index (κ3) is 1.71. The fraction of sp³-hybridized carbons (Fsp3) is 0. The molecular formula is C7H4F2INO. The number of hydrogen-bond acceptors (Lipinski definition) is 1. The molecular weight excluding hydrogens is 279 g/mol. The molecule has 0 bridgehead atoms. The Bertz CT molecular complexity index is 317. The first kappa shape index (κ1) is 9.37. The summed E-state index contributed by atoms with van der Waals surface area (Å²) in [7, 11) is 0. The number of primary amides is 1. The topological polar surface area (TPSA) is 43.1 Å². The van der Waals surface area contributed by atoms with Gasteiger partial charge in [0.05, 0.1) is 3.57 Å². The van der Waals surface area contributed by atoms with E-state index < -0.39 is 17.5 Å². The Kier molecular flexibility index (Phi) is 2.61. The molecule has 0 heterocycles. The van der Waals surface area contributed by atoms with Crippen LogP contribution in [0.3, 0.4) is 0 Å². The number of amides is 1. The molecule has 64 valence electrons. The van der Waals surface area contributed by atoms with Gasteiger partial charge in [-0.3, -0.25) is 4.79 Å². The Morgan fingerprint density at radius 2 is 2.00 bits per heavy atom. The summed E-state index contributed by atoms with van der Waals surface area (Å²) in [6, 6.07) is 1.97. The molecule has 0 aromatic heterocycles. The van der Waals surface area contributed by atoms with Gasteiger partial charge in [-0.1, -0.05) is 0 Å². The quantitative estimate of drug-likeness (QED) is 0.618. The van der Waals surface area contributed by atoms with Gasteiger partial charge < -0.3 is 5.73 Å². The van der Waals surface area contributed by atoms with Gasteiger partial charge >= 0.3 is 0 Å². The van der Waals surface area contributed by atoms with Crippen LogP contribution in [0.5, 0.6) is 0 Å². The number of benzene rings is 1. The van der Waals surface area contributed by atoms with Crippen LogP contribution in [0.1, 0.15) is 10.4 Å². The highest BCUT2D eigenvalue weighted by Crippen LogP contribution is 2.16. The van der Waals surface area contributed by atoms with Crippen molar-refractivity contribution in [1.29, 1.82) is 0 Å². The fourth-order valence-corrected chi connectivity index (χ4v) is 1.29. The van der Waals surface area contributed by atoms with Crippen molar-refractivity contribution in [2.24, 2.45) is 5.73 Å². The van der Waals surface area contributed by atoms with E-state index in [1.165, 1.54) is 6.07 Å². The van der Waals surface area contributed by atoms with E-state index in [9.17, 15) is 13.6 Å². The molecule has 0 aliphatic rings. The highest BCUT2D eigenvalue weighted by molar-refractivity contribution is 14.1. The first-order valence-corrected chi connectivity index (χ1v) is 4.04. The van der Waals surface area contributed by atoms with Gasteiger partial charge in [-0.2, -0.15) is 0 Å². The largest absolute Gasteiger partial charge is 0.366 e. The summed E-state index contributed by atoms with van der Waals surface area (Å²) in [6.07, 6.45) is 0. The molecule has 2 nitrogen and oxygen atoms in total. The van der Waals surface area contributed by atoms with Gasteiger partial charge in [0.25, 0.3) is 0 Å². The minimum atomic E-state index is -1.06. The standard InChI is InChI=1S/C7H4F2INO/c8-4-1-3(7(11)12)2-5(10)6(4)9/h1-2H,(H2,11,12). The van der Waals surface area contributed by atoms with Gasteiger partial charge in [-0.25, -0.2) is 8.78 Å². The number of carbonyl (C=O) groups excluding carboxylic acids is 1. The molecule has 12 heavy (non-hydrogen) atoms. The highest BCUT2D eigenvalue weighted by atomic mass is 127. The van der Waals surface area contributed by atoms with Crippen molar-refractivity contribution in [2.45, 2.75) is 0 Å². The molecule has 0 fully saturated rings. The highest BCUT2D eigenvalue weighted by Gasteiger charge is 2.10. The average molecular weight is 283 g/mol. The summed E-state index contributed by atoms with van der Waals surface area (Å²) < 4.78 is 25.3. The van der Waals surface area contributed by atoms with E-state index in [0.29, 0.717) is 0 Å². The predicted molar refractivity (Wildman–Crippen MR) is 47.6 cm³/mol. The maximum atomic E-state index is 12.6. The van der Waals surface area contributed by atoms with E-state index in [2.05, 4.69) is 0 Å². The molecule has 0 atom stereocenters. The minimum Gasteiger partial charge on any atom is -0.366 e. The van der Waals surface area contributed by atoms with E-state index >= 15 is 0 Å². The van der Waals surface area contributed by atoms with Crippen LogP contribution in [0.4, 0.5) is 8.78 Å². The maximum absolute atomic E-state index is 12.6. The molecule has 5 heteroatoms. The third-order valence-corrected chi connectivity index (χ3v) is 2.05. The summed E-state index contributed by atoms with van der Waals surface area (Å²) in [5, 5.41) is 0. The molecule has 0 saturated carbocycles. The zero-order valence-electron chi connectivity index (χ0n) is 5.77. The number of halogens is 3. The molecule has 1 aromatic carbocycles. The number of nitrogens with two attached hydrogens (primary N) is 1. The minimum absolute atomic E-state index is 0.0294. The first-order valence-electron chi connectivity index (χ1n) is 2.96. The van der Waals surface area contributed by atoms with E-state index in [-0.39, 0.29) is 9.13 Å². The van der Waals surface area contributed by atoms with E-state index in [4.69, 9.17) is 5.73 Å². The van der Waals surface area contributed by atoms with Gasteiger partial charge in [-0.15, -0.1) is 0 Å². The zero-order chi connectivity index (χ0) is 9.30. The lowest BCUT2D eigenvalue weighted by atomic mass is 10.2. The van der Waals surface area contributed by atoms with Gasteiger partial charge in [0.2, 0.25) is 5.91 Å². The molecule has 0 spiro atoms. The number of rotatable bonds is 1. The average Bonchev–Trinajstić information content (AvgIpc) is 1.99. The Hall–Kier alpha value is -0.720. The Morgan fingerprint density at radius 1 is 1.42 bits per heavy atom. The second kappa shape index (κ2) is 3.34. The molecule has 0 aliphatic carbocycles. The second-order valence-corrected chi connectivity index (χ2v) is 3.28. The SMILES string of the molecule is NC(=O)c1cc(F)c(F)c(I)c1. The molecule has 0 aliphatic heterocycles. The molecule has 1 amide bonds. The van der Waals surface area contributed by atoms with Crippen molar-refractivity contribution >= 4 is 28.5 Å². The lowest BCUT2D eigenvalue weighted by Gasteiger charge is -1.99. The monoisotopic (exact) mass is 283 g/mol. The molecule has 0 unspecified atom stereocenters. The van der Waals surface area contributed by atoms with Crippen molar-refractivity contribution in [3.63, 3.8) is 0 Å². The Morgan fingerprint density at radius 3 is 2.42 bits per heavy atom. The van der Waals surface area contributed by atoms with Gasteiger partial charge in [0, 0.05) is 5.56 Å². The summed E-state index contributed by atoms with van der Waals surface area (Å²) in [4.78, 5) is 10.5. The predicted octanol–water partition coefficient (Wildman–Crippen LogP) is 1.67. The zero-order valence-corrected chi connectivity index (χ0v) is 7.93. The molecule has 1 rings (SSSR count). The summed E-state index contributed by atoms with van der Waals surface area (Å²) >= 11 is 1.59. The summed E-state index contributed by atoms with van der Waals surface area (Å²) in [5.74, 6) is -2.79. The van der Waals surface area contributed by atoms with Crippen LogP contribution in [-0.4, -0.2) is 5.91 Å². The van der Waals surface area contributed by atoms with E-state index in [1.807, 2.05) is 0 Å². The Labute approximate surface area is 80.9 Å². The van der Waals surface area contributed by atoms with E-state index in [0.717, 1.165) is 6.07 Å². The van der Waals surface area contributed by atoms with E-state index in [1.54, 1.807) is 22.6 Å². The molecule has 0 radical (unpaired) electrons. The number of carbonyl (C=O) groups is 1. The van der Waals surface area contributed by atoms with Crippen LogP contribution in [-0.2, 0) is 0 Å². The van der Waals surface area contributed by atoms with Crippen LogP contribution in [0, 0.1) is 15.2 Å². The molecule has 2 N–H and O–H groups in total. The van der Waals surface area contributed by atoms with Gasteiger partial charge in [0.1, 0.15) is 0 Å². The van der Waals surface area contributed by atoms with Gasteiger partial charge in [-0.05, 0) is 34.7 Å². The first-order chi connectivity index (χ1) is 5.52. The van der Waals surface area contributed by atoms with Crippen molar-refractivity contribution in [3.8, 4) is 0 Å². The maximum Gasteiger partial charge on any atom is 0.248 e. The van der Waals surface area contributed by atoms with Crippen molar-refractivity contribution in [1.82, 2.24) is 0 Å². The normalized spacial score (nSPS) is 9.92. The van der Waals surface area contributed by atoms with Crippen molar-refractivity contribution in [3.05, 3.63) is 32.9 Å². The Balaban J connectivity index is 3.31. The molecule has 1 aromatic rings. The van der Waals surface area contributed by atoms with Crippen molar-refractivity contribution in [2.75, 3.05) is 0 Å². The second-order valence-electron chi connectivity index (χ2n) is 2.12. The van der Waals surface area contributed by atoms with Crippen molar-refractivity contribution < 1.29 is 13.6 Å². The summed E-state index contributed by atoms with van der Waals surface area (Å²) in [6.45, 7) is 0. The van der Waals surface area contributed by atoms with Crippen LogP contribution in [0.2, 0.25) is 0 Å². The van der Waals surface area contributed by atoms with Gasteiger partial charge in [0.15, 0.2) is 11.6 Å². The van der Waals surface area contributed by atoms with Crippen LogP contribution in [0.15, 0.2) is 12.1 Å². The third-order valence-electron chi connectivity index (χ3n) is 1.27. The molecule has 0 saturated heterocycles. The van der Waals surface area contributed by atoms with Crippen LogP contribution < -0.4 is 5.73 Å². The summed E-state index contributed by atoms with van der Waals surface area (Å²) in [5.41, 5.74) is 4.84. The number of hydrogen-bond donors (Lipinski definition) is 1. The lowest BCUT2D eigenvalue weighted by molar-refractivity contribution is 0.0999. The van der Waals surface area contributed by atoms with Crippen LogP contribution >= 0.6 is 22.6 Å².